The van der Waals surface area contributed by atoms with E-state index >= 15 is 0 Å². The number of aliphatic hydroxyl groups is 1. The molecule has 1 saturated heterocycles. The first-order chi connectivity index (χ1) is 9.15. The Kier molecular flexibility index (Phi) is 3.47. The maximum absolute atomic E-state index is 11.3. The Labute approximate surface area is 118 Å². The highest BCUT2D eigenvalue weighted by molar-refractivity contribution is 9.10. The van der Waals surface area contributed by atoms with Crippen molar-refractivity contribution >= 4 is 27.0 Å². The van der Waals surface area contributed by atoms with E-state index in [1.165, 1.54) is 0 Å². The van der Waals surface area contributed by atoms with Crippen LogP contribution < -0.4 is 11.0 Å². The number of rotatable bonds is 2. The van der Waals surface area contributed by atoms with Gasteiger partial charge >= 0.3 is 5.69 Å². The summed E-state index contributed by atoms with van der Waals surface area (Å²) in [5.41, 5.74) is 2.04. The second-order valence-electron chi connectivity index (χ2n) is 5.00. The van der Waals surface area contributed by atoms with Crippen LogP contribution in [0.5, 0.6) is 0 Å². The molecule has 102 valence electrons. The van der Waals surface area contributed by atoms with Crippen LogP contribution in [0.2, 0.25) is 0 Å². The van der Waals surface area contributed by atoms with Crippen LogP contribution in [0.4, 0.5) is 0 Å². The summed E-state index contributed by atoms with van der Waals surface area (Å²) >= 11 is 3.47. The summed E-state index contributed by atoms with van der Waals surface area (Å²) < 4.78 is 0.815. The molecular formula is C13H16BrN3O2. The molecule has 0 amide bonds. The number of halogens is 1. The molecule has 5 nitrogen and oxygen atoms in total. The topological polar surface area (TPSA) is 80.9 Å². The summed E-state index contributed by atoms with van der Waals surface area (Å²) in [6.45, 7) is 0.947. The quantitative estimate of drug-likeness (QED) is 0.679. The first kappa shape index (κ1) is 12.9. The molecule has 19 heavy (non-hydrogen) atoms. The Bertz CT molecular complexity index is 643. The molecule has 0 radical (unpaired) electrons. The smallest absolute Gasteiger partial charge is 0.323 e. The van der Waals surface area contributed by atoms with Gasteiger partial charge in [-0.2, -0.15) is 0 Å². The van der Waals surface area contributed by atoms with Crippen LogP contribution in [0.15, 0.2) is 21.4 Å². The summed E-state index contributed by atoms with van der Waals surface area (Å²) in [5, 5.41) is 13.8. The zero-order chi connectivity index (χ0) is 13.4. The number of imidazole rings is 1. The van der Waals surface area contributed by atoms with Crippen LogP contribution in [0.1, 0.15) is 30.9 Å². The molecule has 2 unspecified atom stereocenters. The average molecular weight is 326 g/mol. The van der Waals surface area contributed by atoms with Gasteiger partial charge in [0.25, 0.3) is 0 Å². The van der Waals surface area contributed by atoms with E-state index in [2.05, 4.69) is 31.2 Å². The largest absolute Gasteiger partial charge is 0.387 e. The van der Waals surface area contributed by atoms with Crippen molar-refractivity contribution in [2.24, 2.45) is 0 Å². The molecule has 6 heteroatoms. The number of hydrogen-bond acceptors (Lipinski definition) is 3. The van der Waals surface area contributed by atoms with Gasteiger partial charge in [0, 0.05) is 10.5 Å². The molecular weight excluding hydrogens is 310 g/mol. The fourth-order valence-electron chi connectivity index (χ4n) is 2.66. The lowest BCUT2D eigenvalue weighted by atomic mass is 9.95. The zero-order valence-corrected chi connectivity index (χ0v) is 12.0. The molecule has 0 aliphatic carbocycles. The third-order valence-electron chi connectivity index (χ3n) is 3.68. The standard InChI is InChI=1S/C13H16BrN3O2/c14-8-6-11-10(16-13(19)17-11)5-7(8)12(18)9-3-1-2-4-15-9/h5-6,9,12,15,18H,1-4H2,(H2,16,17,19). The zero-order valence-electron chi connectivity index (χ0n) is 10.4. The van der Waals surface area contributed by atoms with Crippen LogP contribution in [0, 0.1) is 0 Å². The lowest BCUT2D eigenvalue weighted by Gasteiger charge is -2.28. The van der Waals surface area contributed by atoms with Gasteiger partial charge in [-0.25, -0.2) is 4.79 Å². The minimum atomic E-state index is -0.572. The van der Waals surface area contributed by atoms with E-state index in [-0.39, 0.29) is 11.7 Å². The number of piperidine rings is 1. The van der Waals surface area contributed by atoms with E-state index in [0.29, 0.717) is 0 Å². The van der Waals surface area contributed by atoms with Crippen molar-refractivity contribution in [2.75, 3.05) is 6.54 Å². The van der Waals surface area contributed by atoms with Gasteiger partial charge < -0.3 is 20.4 Å². The van der Waals surface area contributed by atoms with Crippen molar-refractivity contribution in [1.29, 1.82) is 0 Å². The number of aromatic amines is 2. The molecule has 1 aromatic carbocycles. The summed E-state index contributed by atoms with van der Waals surface area (Å²) in [5.74, 6) is 0. The predicted octanol–water partition coefficient (Wildman–Crippen LogP) is 1.79. The van der Waals surface area contributed by atoms with Crippen LogP contribution in [-0.4, -0.2) is 27.7 Å². The molecule has 1 fully saturated rings. The number of benzene rings is 1. The molecule has 2 aromatic rings. The van der Waals surface area contributed by atoms with E-state index in [4.69, 9.17) is 0 Å². The molecule has 2 heterocycles. The monoisotopic (exact) mass is 325 g/mol. The van der Waals surface area contributed by atoms with E-state index < -0.39 is 6.10 Å². The highest BCUT2D eigenvalue weighted by Gasteiger charge is 2.24. The third-order valence-corrected chi connectivity index (χ3v) is 4.37. The molecule has 1 aliphatic heterocycles. The highest BCUT2D eigenvalue weighted by atomic mass is 79.9. The summed E-state index contributed by atoms with van der Waals surface area (Å²) in [6, 6.07) is 3.74. The molecule has 1 aromatic heterocycles. The number of aromatic nitrogens is 2. The van der Waals surface area contributed by atoms with Gasteiger partial charge in [-0.05, 0) is 37.1 Å². The van der Waals surface area contributed by atoms with Crippen molar-refractivity contribution in [2.45, 2.75) is 31.4 Å². The Morgan fingerprint density at radius 2 is 2.00 bits per heavy atom. The van der Waals surface area contributed by atoms with Crippen LogP contribution in [0.25, 0.3) is 11.0 Å². The maximum atomic E-state index is 11.3. The van der Waals surface area contributed by atoms with Crippen molar-refractivity contribution < 1.29 is 5.11 Å². The molecule has 0 saturated carbocycles. The van der Waals surface area contributed by atoms with Gasteiger partial charge in [-0.3, -0.25) is 0 Å². The van der Waals surface area contributed by atoms with Gasteiger partial charge in [0.2, 0.25) is 0 Å². The van der Waals surface area contributed by atoms with Crippen LogP contribution in [-0.2, 0) is 0 Å². The minimum absolute atomic E-state index is 0.0770. The molecule has 0 spiro atoms. The SMILES string of the molecule is O=c1[nH]c2cc(Br)c(C(O)C3CCCCN3)cc2[nH]1. The van der Waals surface area contributed by atoms with Crippen LogP contribution in [0.3, 0.4) is 0 Å². The van der Waals surface area contributed by atoms with E-state index in [1.54, 1.807) is 0 Å². The number of nitrogens with one attached hydrogen (secondary N) is 3. The lowest BCUT2D eigenvalue weighted by molar-refractivity contribution is 0.113. The molecule has 0 bridgehead atoms. The van der Waals surface area contributed by atoms with Gasteiger partial charge in [0.15, 0.2) is 0 Å². The number of fused-ring (bicyclic) bond motifs is 1. The van der Waals surface area contributed by atoms with Gasteiger partial charge in [-0.15, -0.1) is 0 Å². The van der Waals surface area contributed by atoms with Gasteiger partial charge in [-0.1, -0.05) is 22.4 Å². The maximum Gasteiger partial charge on any atom is 0.323 e. The van der Waals surface area contributed by atoms with E-state index in [0.717, 1.165) is 46.9 Å². The number of aliphatic hydroxyl groups excluding tert-OH is 1. The van der Waals surface area contributed by atoms with Crippen LogP contribution >= 0.6 is 15.9 Å². The van der Waals surface area contributed by atoms with Crippen molar-refractivity contribution in [3.05, 3.63) is 32.7 Å². The molecule has 4 N–H and O–H groups in total. The first-order valence-electron chi connectivity index (χ1n) is 6.48. The molecule has 3 rings (SSSR count). The second kappa shape index (κ2) is 5.11. The molecule has 2 atom stereocenters. The van der Waals surface area contributed by atoms with Gasteiger partial charge in [0.1, 0.15) is 0 Å². The normalized spacial score (nSPS) is 21.7. The lowest BCUT2D eigenvalue weighted by Crippen LogP contribution is -2.38. The van der Waals surface area contributed by atoms with Crippen molar-refractivity contribution in [3.63, 3.8) is 0 Å². The summed E-state index contributed by atoms with van der Waals surface area (Å²) in [7, 11) is 0. The Morgan fingerprint density at radius 1 is 1.26 bits per heavy atom. The Hall–Kier alpha value is -1.11. The average Bonchev–Trinajstić information content (AvgIpc) is 2.77. The first-order valence-corrected chi connectivity index (χ1v) is 7.27. The minimum Gasteiger partial charge on any atom is -0.387 e. The summed E-state index contributed by atoms with van der Waals surface area (Å²) in [4.78, 5) is 16.7. The Balaban J connectivity index is 1.98. The fourth-order valence-corrected chi connectivity index (χ4v) is 3.24. The van der Waals surface area contributed by atoms with Crippen molar-refractivity contribution in [3.8, 4) is 0 Å². The van der Waals surface area contributed by atoms with E-state index in [1.807, 2.05) is 12.1 Å². The summed E-state index contributed by atoms with van der Waals surface area (Å²) in [6.07, 6.45) is 2.69. The second-order valence-corrected chi connectivity index (χ2v) is 5.85. The van der Waals surface area contributed by atoms with Gasteiger partial charge in [0.05, 0.1) is 17.1 Å². The predicted molar refractivity (Wildman–Crippen MR) is 77.2 cm³/mol. The van der Waals surface area contributed by atoms with E-state index in [9.17, 15) is 9.90 Å². The Morgan fingerprint density at radius 3 is 2.68 bits per heavy atom. The van der Waals surface area contributed by atoms with Crippen molar-refractivity contribution in [1.82, 2.24) is 15.3 Å². The third kappa shape index (κ3) is 2.48. The molecule has 1 aliphatic rings. The fraction of sp³-hybridized carbons (Fsp3) is 0.462. The number of hydrogen-bond donors (Lipinski definition) is 4. The highest BCUT2D eigenvalue weighted by Crippen LogP contribution is 2.31. The number of H-pyrrole nitrogens is 2.